The van der Waals surface area contributed by atoms with Crippen molar-refractivity contribution in [1.29, 1.82) is 0 Å². The smallest absolute Gasteiger partial charge is 0.244 e. The molecule has 0 radical (unpaired) electrons. The third-order valence-corrected chi connectivity index (χ3v) is 5.34. The number of hydrogen-bond donors (Lipinski definition) is 0. The van der Waals surface area contributed by atoms with Crippen LogP contribution in [0.15, 0.2) is 21.6 Å². The molecule has 0 atom stereocenters. The van der Waals surface area contributed by atoms with Gasteiger partial charge in [-0.1, -0.05) is 0 Å². The molecule has 1 saturated heterocycles. The van der Waals surface area contributed by atoms with Crippen molar-refractivity contribution in [2.24, 2.45) is 0 Å². The van der Waals surface area contributed by atoms with Crippen molar-refractivity contribution in [3.63, 3.8) is 0 Å². The summed E-state index contributed by atoms with van der Waals surface area (Å²) in [6.07, 6.45) is 3.74. The van der Waals surface area contributed by atoms with E-state index in [2.05, 4.69) is 25.8 Å². The molecule has 0 aliphatic carbocycles. The topological polar surface area (TPSA) is 53.5 Å². The Bertz CT molecular complexity index is 539. The molecule has 0 unspecified atom stereocenters. The van der Waals surface area contributed by atoms with Crippen molar-refractivity contribution in [2.75, 3.05) is 32.1 Å². The molecule has 0 N–H and O–H groups in total. The van der Waals surface area contributed by atoms with Crippen LogP contribution in [0.2, 0.25) is 0 Å². The average Bonchev–Trinajstić information content (AvgIpc) is 2.82. The summed E-state index contributed by atoms with van der Waals surface area (Å²) >= 11 is 3.41. The highest BCUT2D eigenvalue weighted by Crippen LogP contribution is 2.29. The van der Waals surface area contributed by atoms with Gasteiger partial charge in [-0.2, -0.15) is 0 Å². The third-order valence-electron chi connectivity index (χ3n) is 2.98. The zero-order valence-electron chi connectivity index (χ0n) is 10.4. The molecule has 1 aromatic heterocycles. The lowest BCUT2D eigenvalue weighted by Crippen LogP contribution is -2.23. The van der Waals surface area contributed by atoms with Crippen molar-refractivity contribution in [3.05, 3.63) is 16.7 Å². The maximum absolute atomic E-state index is 12.0. The Kier molecular flexibility index (Phi) is 3.93. The van der Waals surface area contributed by atoms with E-state index in [1.165, 1.54) is 24.6 Å². The highest BCUT2D eigenvalue weighted by Gasteiger charge is 2.21. The molecule has 100 valence electrons. The number of aromatic nitrogens is 1. The largest absolute Gasteiger partial charge is 0.356 e. The first-order valence-corrected chi connectivity index (χ1v) is 7.99. The van der Waals surface area contributed by atoms with Crippen LogP contribution in [-0.2, 0) is 10.0 Å². The molecule has 2 heterocycles. The molecule has 18 heavy (non-hydrogen) atoms. The normalized spacial score (nSPS) is 16.6. The van der Waals surface area contributed by atoms with Crippen LogP contribution in [0.4, 0.5) is 5.82 Å². The number of halogens is 1. The Morgan fingerprint density at radius 3 is 2.44 bits per heavy atom. The summed E-state index contributed by atoms with van der Waals surface area (Å²) in [6.45, 7) is 1.96. The van der Waals surface area contributed by atoms with Crippen LogP contribution < -0.4 is 4.90 Å². The second kappa shape index (κ2) is 5.14. The minimum atomic E-state index is -3.42. The molecule has 1 aliphatic heterocycles. The van der Waals surface area contributed by atoms with Crippen LogP contribution >= 0.6 is 15.9 Å². The van der Waals surface area contributed by atoms with Gasteiger partial charge in [0.2, 0.25) is 10.0 Å². The van der Waals surface area contributed by atoms with Gasteiger partial charge in [-0.15, -0.1) is 0 Å². The van der Waals surface area contributed by atoms with E-state index in [1.54, 1.807) is 6.07 Å². The van der Waals surface area contributed by atoms with Crippen LogP contribution in [0, 0.1) is 0 Å². The van der Waals surface area contributed by atoms with Gasteiger partial charge < -0.3 is 4.90 Å². The van der Waals surface area contributed by atoms with Gasteiger partial charge in [0.05, 0.1) is 4.47 Å². The zero-order valence-corrected chi connectivity index (χ0v) is 12.8. The Hall–Kier alpha value is -0.660. The quantitative estimate of drug-likeness (QED) is 0.844. The highest BCUT2D eigenvalue weighted by atomic mass is 79.9. The SMILES string of the molecule is CN(C)S(=O)(=O)c1cnc(N2CCCC2)c(Br)c1. The molecule has 2 rings (SSSR count). The summed E-state index contributed by atoms with van der Waals surface area (Å²) in [6, 6.07) is 1.62. The van der Waals surface area contributed by atoms with Gasteiger partial charge >= 0.3 is 0 Å². The summed E-state index contributed by atoms with van der Waals surface area (Å²) < 4.78 is 25.9. The molecule has 0 bridgehead atoms. The number of pyridine rings is 1. The Morgan fingerprint density at radius 2 is 1.94 bits per heavy atom. The molecule has 0 amide bonds. The van der Waals surface area contributed by atoms with Crippen molar-refractivity contribution in [2.45, 2.75) is 17.7 Å². The number of anilines is 1. The molecule has 1 aliphatic rings. The van der Waals surface area contributed by atoms with Crippen LogP contribution in [0.5, 0.6) is 0 Å². The van der Waals surface area contributed by atoms with E-state index in [0.717, 1.165) is 36.2 Å². The van der Waals surface area contributed by atoms with E-state index >= 15 is 0 Å². The lowest BCUT2D eigenvalue weighted by molar-refractivity contribution is 0.520. The second-order valence-electron chi connectivity index (χ2n) is 4.46. The Balaban J connectivity index is 2.36. The first kappa shape index (κ1) is 13.8. The van der Waals surface area contributed by atoms with Crippen molar-refractivity contribution in [3.8, 4) is 0 Å². The average molecular weight is 334 g/mol. The van der Waals surface area contributed by atoms with E-state index in [0.29, 0.717) is 0 Å². The third kappa shape index (κ3) is 2.53. The molecule has 0 saturated carbocycles. The maximum atomic E-state index is 12.0. The fourth-order valence-corrected chi connectivity index (χ4v) is 3.55. The monoisotopic (exact) mass is 333 g/mol. The van der Waals surface area contributed by atoms with Crippen LogP contribution in [0.25, 0.3) is 0 Å². The number of hydrogen-bond acceptors (Lipinski definition) is 4. The van der Waals surface area contributed by atoms with Gasteiger partial charge in [-0.25, -0.2) is 17.7 Å². The van der Waals surface area contributed by atoms with E-state index in [9.17, 15) is 8.42 Å². The molecule has 7 heteroatoms. The summed E-state index contributed by atoms with van der Waals surface area (Å²) in [5.41, 5.74) is 0. The van der Waals surface area contributed by atoms with E-state index in [1.807, 2.05) is 0 Å². The van der Waals surface area contributed by atoms with Crippen molar-refractivity contribution < 1.29 is 8.42 Å². The number of nitrogens with zero attached hydrogens (tertiary/aromatic N) is 3. The van der Waals surface area contributed by atoms with Gasteiger partial charge in [0.1, 0.15) is 10.7 Å². The first-order chi connectivity index (χ1) is 8.43. The van der Waals surface area contributed by atoms with Crippen molar-refractivity contribution in [1.82, 2.24) is 9.29 Å². The lowest BCUT2D eigenvalue weighted by Gasteiger charge is -2.19. The molecule has 0 spiro atoms. The summed E-state index contributed by atoms with van der Waals surface area (Å²) in [5, 5.41) is 0. The van der Waals surface area contributed by atoms with Crippen molar-refractivity contribution >= 4 is 31.8 Å². The maximum Gasteiger partial charge on any atom is 0.244 e. The van der Waals surface area contributed by atoms with Gasteiger partial charge in [0.15, 0.2) is 0 Å². The molecule has 5 nitrogen and oxygen atoms in total. The van der Waals surface area contributed by atoms with E-state index in [4.69, 9.17) is 0 Å². The summed E-state index contributed by atoms with van der Waals surface area (Å²) in [7, 11) is -0.394. The minimum absolute atomic E-state index is 0.210. The second-order valence-corrected chi connectivity index (χ2v) is 7.46. The van der Waals surface area contributed by atoms with Gasteiger partial charge in [-0.05, 0) is 34.8 Å². The van der Waals surface area contributed by atoms with Gasteiger partial charge in [0.25, 0.3) is 0 Å². The summed E-state index contributed by atoms with van der Waals surface area (Å²) in [5.74, 6) is 0.824. The fourth-order valence-electron chi connectivity index (χ4n) is 1.93. The fraction of sp³-hybridized carbons (Fsp3) is 0.545. The molecule has 0 aromatic carbocycles. The van der Waals surface area contributed by atoms with Crippen LogP contribution in [-0.4, -0.2) is 44.9 Å². The standard InChI is InChI=1S/C11H16BrN3O2S/c1-14(2)18(16,17)9-7-10(12)11(13-8-9)15-5-3-4-6-15/h7-8H,3-6H2,1-2H3. The van der Waals surface area contributed by atoms with Gasteiger partial charge in [0, 0.05) is 33.4 Å². The van der Waals surface area contributed by atoms with Crippen LogP contribution in [0.3, 0.4) is 0 Å². The zero-order chi connectivity index (χ0) is 13.3. The number of rotatable bonds is 3. The Labute approximate surface area is 116 Å². The van der Waals surface area contributed by atoms with E-state index in [-0.39, 0.29) is 4.90 Å². The number of sulfonamides is 1. The molecular formula is C11H16BrN3O2S. The van der Waals surface area contributed by atoms with E-state index < -0.39 is 10.0 Å². The predicted octanol–water partition coefficient (Wildman–Crippen LogP) is 1.69. The molecule has 1 fully saturated rings. The summed E-state index contributed by atoms with van der Waals surface area (Å²) in [4.78, 5) is 6.66. The Morgan fingerprint density at radius 1 is 1.33 bits per heavy atom. The first-order valence-electron chi connectivity index (χ1n) is 5.76. The minimum Gasteiger partial charge on any atom is -0.356 e. The predicted molar refractivity (Wildman–Crippen MR) is 74.3 cm³/mol. The molecule has 1 aromatic rings. The lowest BCUT2D eigenvalue weighted by atomic mass is 10.4. The molecular weight excluding hydrogens is 318 g/mol. The van der Waals surface area contributed by atoms with Crippen LogP contribution in [0.1, 0.15) is 12.8 Å². The van der Waals surface area contributed by atoms with Gasteiger partial charge in [-0.3, -0.25) is 0 Å². The highest BCUT2D eigenvalue weighted by molar-refractivity contribution is 9.10.